The first-order valence-electron chi connectivity index (χ1n) is 10.0. The summed E-state index contributed by atoms with van der Waals surface area (Å²) in [5, 5.41) is 31.6. The van der Waals surface area contributed by atoms with Crippen LogP contribution in [0.1, 0.15) is 47.0 Å². The van der Waals surface area contributed by atoms with E-state index in [1.54, 1.807) is 6.08 Å². The van der Waals surface area contributed by atoms with Crippen LogP contribution in [0.15, 0.2) is 23.8 Å². The van der Waals surface area contributed by atoms with E-state index in [0.717, 1.165) is 5.57 Å². The second-order valence-corrected chi connectivity index (χ2v) is 9.59. The molecular formula is C22H32O6. The average molecular weight is 392 g/mol. The summed E-state index contributed by atoms with van der Waals surface area (Å²) in [5.41, 5.74) is -0.0588. The van der Waals surface area contributed by atoms with Crippen LogP contribution < -0.4 is 0 Å². The van der Waals surface area contributed by atoms with Crippen molar-refractivity contribution < 1.29 is 29.6 Å². The van der Waals surface area contributed by atoms with Gasteiger partial charge in [-0.05, 0) is 30.4 Å². The van der Waals surface area contributed by atoms with Gasteiger partial charge in [0.2, 0.25) is 0 Å². The first-order valence-corrected chi connectivity index (χ1v) is 10.0. The van der Waals surface area contributed by atoms with Crippen LogP contribution in [0.2, 0.25) is 0 Å². The molecule has 0 aliphatic heterocycles. The quantitative estimate of drug-likeness (QED) is 0.500. The van der Waals surface area contributed by atoms with Gasteiger partial charge in [0.1, 0.15) is 6.10 Å². The Hall–Kier alpha value is -1.50. The third kappa shape index (κ3) is 3.06. The highest BCUT2D eigenvalue weighted by molar-refractivity contribution is 5.95. The van der Waals surface area contributed by atoms with Crippen molar-refractivity contribution in [3.8, 4) is 0 Å². The zero-order valence-electron chi connectivity index (χ0n) is 17.1. The molecule has 3 aliphatic rings. The van der Waals surface area contributed by atoms with E-state index in [-0.39, 0.29) is 30.6 Å². The summed E-state index contributed by atoms with van der Waals surface area (Å²) < 4.78 is 5.47. The minimum atomic E-state index is -0.889. The van der Waals surface area contributed by atoms with E-state index >= 15 is 0 Å². The fourth-order valence-corrected chi connectivity index (χ4v) is 6.24. The maximum atomic E-state index is 13.3. The normalized spacial score (nSPS) is 42.1. The zero-order chi connectivity index (χ0) is 21.0. The molecule has 0 aromatic heterocycles. The standard InChI is InChI=1S/C22H32O6/c1-11(10-23)13-6-14-8-16(26)20-21(3,4)18(28-12(2)24)9-17(27)22(20,5)19(14)15(25)7-13/h8,13,15,17-20,23,25,27H,1,6-7,9-10H2,2-5H3/t13-,15-,17-,18-,19?,20+,22-/m0/s1. The highest BCUT2D eigenvalue weighted by Gasteiger charge is 2.65. The Labute approximate surface area is 166 Å². The van der Waals surface area contributed by atoms with Crippen LogP contribution in [-0.2, 0) is 14.3 Å². The smallest absolute Gasteiger partial charge is 0.302 e. The SMILES string of the molecule is C=C(CO)[C@H]1CC2=CC(=O)[C@@H]3C(C)(C)[C@@H](OC(C)=O)C[C@H](O)[C@@]3(C)C2[C@@H](O)C1. The summed E-state index contributed by atoms with van der Waals surface area (Å²) in [6.07, 6.45) is 0.635. The molecule has 3 rings (SSSR count). The molecule has 3 N–H and O–H groups in total. The molecule has 0 spiro atoms. The number of carbonyl (C=O) groups excluding carboxylic acids is 2. The molecule has 2 fully saturated rings. The van der Waals surface area contributed by atoms with Gasteiger partial charge in [-0.1, -0.05) is 32.9 Å². The average Bonchev–Trinajstić information content (AvgIpc) is 2.57. The summed E-state index contributed by atoms with van der Waals surface area (Å²) in [6.45, 7) is 10.8. The van der Waals surface area contributed by atoms with E-state index in [1.165, 1.54) is 6.92 Å². The number of aliphatic hydroxyl groups excluding tert-OH is 3. The summed E-state index contributed by atoms with van der Waals surface area (Å²) in [5.74, 6) is -1.55. The number of allylic oxidation sites excluding steroid dienone is 1. The predicted molar refractivity (Wildman–Crippen MR) is 103 cm³/mol. The number of ketones is 1. The number of carbonyl (C=O) groups is 2. The van der Waals surface area contributed by atoms with Crippen molar-refractivity contribution in [3.63, 3.8) is 0 Å². The third-order valence-corrected chi connectivity index (χ3v) is 7.51. The molecule has 0 radical (unpaired) electrons. The third-order valence-electron chi connectivity index (χ3n) is 7.51. The first-order chi connectivity index (χ1) is 12.9. The van der Waals surface area contributed by atoms with E-state index < -0.39 is 41.0 Å². The van der Waals surface area contributed by atoms with Crippen LogP contribution in [0, 0.1) is 28.6 Å². The Morgan fingerprint density at radius 1 is 1.29 bits per heavy atom. The van der Waals surface area contributed by atoms with Gasteiger partial charge in [0.15, 0.2) is 5.78 Å². The minimum Gasteiger partial charge on any atom is -0.462 e. The van der Waals surface area contributed by atoms with Crippen molar-refractivity contribution in [2.24, 2.45) is 28.6 Å². The number of esters is 1. The largest absolute Gasteiger partial charge is 0.462 e. The number of hydrogen-bond acceptors (Lipinski definition) is 6. The predicted octanol–water partition coefficient (Wildman–Crippen LogP) is 1.78. The topological polar surface area (TPSA) is 104 Å². The summed E-state index contributed by atoms with van der Waals surface area (Å²) in [4.78, 5) is 24.8. The molecule has 6 heteroatoms. The molecule has 6 nitrogen and oxygen atoms in total. The number of fused-ring (bicyclic) bond motifs is 3. The molecule has 156 valence electrons. The highest BCUT2D eigenvalue weighted by atomic mass is 16.5. The van der Waals surface area contributed by atoms with Gasteiger partial charge in [-0.15, -0.1) is 0 Å². The number of hydrogen-bond donors (Lipinski definition) is 3. The lowest BCUT2D eigenvalue weighted by Crippen LogP contribution is -2.66. The molecule has 0 heterocycles. The Morgan fingerprint density at radius 3 is 2.50 bits per heavy atom. The molecule has 0 aromatic rings. The Morgan fingerprint density at radius 2 is 1.93 bits per heavy atom. The Balaban J connectivity index is 2.05. The lowest BCUT2D eigenvalue weighted by molar-refractivity contribution is -0.208. The maximum absolute atomic E-state index is 13.3. The first kappa shape index (κ1) is 21.2. The Kier molecular flexibility index (Phi) is 5.36. The lowest BCUT2D eigenvalue weighted by atomic mass is 9.44. The summed E-state index contributed by atoms with van der Waals surface area (Å²) >= 11 is 0. The molecule has 0 aromatic carbocycles. The van der Waals surface area contributed by atoms with Gasteiger partial charge in [-0.25, -0.2) is 0 Å². The summed E-state index contributed by atoms with van der Waals surface area (Å²) in [6, 6.07) is 0. The van der Waals surface area contributed by atoms with Gasteiger partial charge in [0.25, 0.3) is 0 Å². The van der Waals surface area contributed by atoms with E-state index in [0.29, 0.717) is 18.4 Å². The van der Waals surface area contributed by atoms with Crippen molar-refractivity contribution in [2.45, 2.75) is 65.3 Å². The molecule has 3 aliphatic carbocycles. The van der Waals surface area contributed by atoms with Crippen molar-refractivity contribution in [1.82, 2.24) is 0 Å². The van der Waals surface area contributed by atoms with E-state index in [9.17, 15) is 24.9 Å². The van der Waals surface area contributed by atoms with E-state index in [1.807, 2.05) is 20.8 Å². The fourth-order valence-electron chi connectivity index (χ4n) is 6.24. The number of rotatable bonds is 3. The van der Waals surface area contributed by atoms with Crippen LogP contribution in [0.3, 0.4) is 0 Å². The van der Waals surface area contributed by atoms with Crippen LogP contribution in [0.25, 0.3) is 0 Å². The van der Waals surface area contributed by atoms with Crippen LogP contribution in [-0.4, -0.2) is 52.0 Å². The van der Waals surface area contributed by atoms with Gasteiger partial charge in [0, 0.05) is 36.0 Å². The van der Waals surface area contributed by atoms with Crippen molar-refractivity contribution >= 4 is 11.8 Å². The maximum Gasteiger partial charge on any atom is 0.302 e. The molecule has 1 unspecified atom stereocenters. The zero-order valence-corrected chi connectivity index (χ0v) is 17.1. The van der Waals surface area contributed by atoms with Crippen molar-refractivity contribution in [1.29, 1.82) is 0 Å². The van der Waals surface area contributed by atoms with Crippen molar-refractivity contribution in [3.05, 3.63) is 23.8 Å². The van der Waals surface area contributed by atoms with Gasteiger partial charge in [-0.2, -0.15) is 0 Å². The lowest BCUT2D eigenvalue weighted by Gasteiger charge is -2.61. The molecule has 0 bridgehead atoms. The molecule has 28 heavy (non-hydrogen) atoms. The van der Waals surface area contributed by atoms with E-state index in [4.69, 9.17) is 4.74 Å². The summed E-state index contributed by atoms with van der Waals surface area (Å²) in [7, 11) is 0. The van der Waals surface area contributed by atoms with E-state index in [2.05, 4.69) is 6.58 Å². The van der Waals surface area contributed by atoms with Crippen LogP contribution in [0.5, 0.6) is 0 Å². The minimum absolute atomic E-state index is 0.0852. The van der Waals surface area contributed by atoms with Gasteiger partial charge in [0.05, 0.1) is 18.8 Å². The Bertz CT molecular complexity index is 723. The molecule has 0 amide bonds. The second-order valence-electron chi connectivity index (χ2n) is 9.59. The van der Waals surface area contributed by atoms with Crippen LogP contribution >= 0.6 is 0 Å². The van der Waals surface area contributed by atoms with Gasteiger partial charge < -0.3 is 20.1 Å². The second kappa shape index (κ2) is 7.08. The molecule has 2 saturated carbocycles. The van der Waals surface area contributed by atoms with Crippen molar-refractivity contribution in [2.75, 3.05) is 6.61 Å². The fraction of sp³-hybridized carbons (Fsp3) is 0.727. The monoisotopic (exact) mass is 392 g/mol. The molecule has 7 atom stereocenters. The highest BCUT2D eigenvalue weighted by Crippen LogP contribution is 2.62. The number of ether oxygens (including phenoxy) is 1. The van der Waals surface area contributed by atoms with Crippen LogP contribution in [0.4, 0.5) is 0 Å². The van der Waals surface area contributed by atoms with Gasteiger partial charge >= 0.3 is 5.97 Å². The number of aliphatic hydroxyl groups is 3. The molecular weight excluding hydrogens is 360 g/mol. The van der Waals surface area contributed by atoms with Gasteiger partial charge in [-0.3, -0.25) is 9.59 Å². The molecule has 0 saturated heterocycles.